The lowest BCUT2D eigenvalue weighted by Crippen LogP contribution is -2.21. The van der Waals surface area contributed by atoms with E-state index in [1.165, 1.54) is 11.3 Å². The summed E-state index contributed by atoms with van der Waals surface area (Å²) in [5, 5.41) is 4.97. The van der Waals surface area contributed by atoms with E-state index in [9.17, 15) is 4.79 Å². The van der Waals surface area contributed by atoms with E-state index < -0.39 is 6.09 Å². The molecular weight excluding hydrogens is 290 g/mol. The summed E-state index contributed by atoms with van der Waals surface area (Å²) in [6.45, 7) is 2.08. The van der Waals surface area contributed by atoms with Crippen LogP contribution < -0.4 is 16.8 Å². The van der Waals surface area contributed by atoms with Crippen molar-refractivity contribution in [1.29, 1.82) is 0 Å². The van der Waals surface area contributed by atoms with E-state index >= 15 is 0 Å². The molecule has 0 unspecified atom stereocenters. The summed E-state index contributed by atoms with van der Waals surface area (Å²) in [4.78, 5) is 19.5. The van der Waals surface area contributed by atoms with Gasteiger partial charge in [0, 0.05) is 16.6 Å². The van der Waals surface area contributed by atoms with Crippen molar-refractivity contribution < 1.29 is 9.53 Å². The largest absolute Gasteiger partial charge is 0.450 e. The molecule has 21 heavy (non-hydrogen) atoms. The molecule has 0 aliphatic rings. The molecule has 0 atom stereocenters. The van der Waals surface area contributed by atoms with Gasteiger partial charge in [-0.25, -0.2) is 9.78 Å². The number of rotatable bonds is 4. The lowest BCUT2D eigenvalue weighted by atomic mass is 10.1. The SMILES string of the molecule is CCOC(=O)Nc1ccc(-c2csc(N=C(N)N)n2)cc1. The molecule has 7 nitrogen and oxygen atoms in total. The first-order valence-corrected chi connectivity index (χ1v) is 7.06. The molecule has 0 saturated heterocycles. The third kappa shape index (κ3) is 4.18. The summed E-state index contributed by atoms with van der Waals surface area (Å²) >= 11 is 1.35. The average molecular weight is 305 g/mol. The van der Waals surface area contributed by atoms with E-state index in [1.807, 2.05) is 17.5 Å². The number of thiazole rings is 1. The highest BCUT2D eigenvalue weighted by molar-refractivity contribution is 7.13. The van der Waals surface area contributed by atoms with Crippen molar-refractivity contribution in [3.8, 4) is 11.3 Å². The van der Waals surface area contributed by atoms with Gasteiger partial charge < -0.3 is 16.2 Å². The van der Waals surface area contributed by atoms with Crippen LogP contribution in [0.25, 0.3) is 11.3 Å². The predicted molar refractivity (Wildman–Crippen MR) is 83.7 cm³/mol. The Morgan fingerprint density at radius 2 is 2.10 bits per heavy atom. The summed E-state index contributed by atoms with van der Waals surface area (Å²) < 4.78 is 4.80. The number of amides is 1. The molecule has 0 saturated carbocycles. The first-order chi connectivity index (χ1) is 10.1. The van der Waals surface area contributed by atoms with Gasteiger partial charge in [0.15, 0.2) is 5.96 Å². The van der Waals surface area contributed by atoms with Crippen LogP contribution in [0.3, 0.4) is 0 Å². The van der Waals surface area contributed by atoms with Crippen molar-refractivity contribution in [1.82, 2.24) is 4.98 Å². The van der Waals surface area contributed by atoms with Gasteiger partial charge in [-0.3, -0.25) is 5.32 Å². The Hall–Kier alpha value is -2.61. The van der Waals surface area contributed by atoms with Crippen LogP contribution in [0.4, 0.5) is 15.6 Å². The van der Waals surface area contributed by atoms with Crippen LogP contribution >= 0.6 is 11.3 Å². The number of nitrogens with two attached hydrogens (primary N) is 2. The second-order valence-corrected chi connectivity index (χ2v) is 4.81. The van der Waals surface area contributed by atoms with E-state index in [4.69, 9.17) is 16.2 Å². The molecule has 0 spiro atoms. The number of ether oxygens (including phenoxy) is 1. The lowest BCUT2D eigenvalue weighted by Gasteiger charge is -2.05. The van der Waals surface area contributed by atoms with E-state index in [0.29, 0.717) is 17.4 Å². The van der Waals surface area contributed by atoms with Crippen LogP contribution in [0.15, 0.2) is 34.6 Å². The number of benzene rings is 1. The number of nitrogens with zero attached hydrogens (tertiary/aromatic N) is 2. The zero-order chi connectivity index (χ0) is 15.2. The average Bonchev–Trinajstić information content (AvgIpc) is 2.87. The van der Waals surface area contributed by atoms with E-state index in [2.05, 4.69) is 15.3 Å². The number of hydrogen-bond donors (Lipinski definition) is 3. The Morgan fingerprint density at radius 3 is 2.71 bits per heavy atom. The number of carbonyl (C=O) groups excluding carboxylic acids is 1. The van der Waals surface area contributed by atoms with Crippen LogP contribution in [0, 0.1) is 0 Å². The smallest absolute Gasteiger partial charge is 0.411 e. The van der Waals surface area contributed by atoms with Gasteiger partial charge in [0.25, 0.3) is 0 Å². The fraction of sp³-hybridized carbons (Fsp3) is 0.154. The summed E-state index contributed by atoms with van der Waals surface area (Å²) in [5.74, 6) is -0.0233. The molecule has 0 aliphatic heterocycles. The topological polar surface area (TPSA) is 116 Å². The number of nitrogens with one attached hydrogen (secondary N) is 1. The second-order valence-electron chi connectivity index (χ2n) is 3.97. The Balaban J connectivity index is 2.10. The minimum atomic E-state index is -0.478. The Morgan fingerprint density at radius 1 is 1.38 bits per heavy atom. The van der Waals surface area contributed by atoms with E-state index in [-0.39, 0.29) is 5.96 Å². The lowest BCUT2D eigenvalue weighted by molar-refractivity contribution is 0.168. The van der Waals surface area contributed by atoms with Crippen LogP contribution in [-0.2, 0) is 4.74 Å². The van der Waals surface area contributed by atoms with Crippen LogP contribution in [-0.4, -0.2) is 23.6 Å². The maximum atomic E-state index is 11.3. The zero-order valence-electron chi connectivity index (χ0n) is 11.4. The van der Waals surface area contributed by atoms with Crippen molar-refractivity contribution >= 4 is 34.2 Å². The van der Waals surface area contributed by atoms with Crippen molar-refractivity contribution in [2.75, 3.05) is 11.9 Å². The van der Waals surface area contributed by atoms with Crippen molar-refractivity contribution in [3.63, 3.8) is 0 Å². The predicted octanol–water partition coefficient (Wildman–Crippen LogP) is 2.28. The summed E-state index contributed by atoms with van der Waals surface area (Å²) in [6, 6.07) is 7.23. The third-order valence-corrected chi connectivity index (χ3v) is 3.15. The maximum Gasteiger partial charge on any atom is 0.411 e. The van der Waals surface area contributed by atoms with Crippen LogP contribution in [0.5, 0.6) is 0 Å². The first kappa shape index (κ1) is 14.8. The maximum absolute atomic E-state index is 11.3. The molecule has 2 rings (SSSR count). The number of hydrogen-bond acceptors (Lipinski definition) is 5. The van der Waals surface area contributed by atoms with E-state index in [0.717, 1.165) is 11.3 Å². The third-order valence-electron chi connectivity index (χ3n) is 2.42. The first-order valence-electron chi connectivity index (χ1n) is 6.18. The van der Waals surface area contributed by atoms with Gasteiger partial charge in [0.1, 0.15) is 0 Å². The minimum absolute atomic E-state index is 0.0233. The summed E-state index contributed by atoms with van der Waals surface area (Å²) in [7, 11) is 0. The molecule has 1 aromatic heterocycles. The molecule has 8 heteroatoms. The van der Waals surface area contributed by atoms with Gasteiger partial charge in [-0.1, -0.05) is 12.1 Å². The summed E-state index contributed by atoms with van der Waals surface area (Å²) in [5.41, 5.74) is 12.9. The molecule has 2 aromatic rings. The number of carbonyl (C=O) groups is 1. The number of guanidine groups is 1. The number of aliphatic imine (C=N–C) groups is 1. The standard InChI is InChI=1S/C13H15N5O2S/c1-2-20-13(19)16-9-5-3-8(4-6-9)10-7-21-12(17-10)18-11(14)15/h3-7H,2H2,1H3,(H,16,19)(H4,14,15,17,18). The normalized spacial score (nSPS) is 9.95. The molecule has 1 heterocycles. The highest BCUT2D eigenvalue weighted by Crippen LogP contribution is 2.27. The fourth-order valence-corrected chi connectivity index (χ4v) is 2.28. The Bertz CT molecular complexity index is 647. The Kier molecular flexibility index (Phi) is 4.72. The number of anilines is 1. The van der Waals surface area contributed by atoms with Crippen LogP contribution in [0.2, 0.25) is 0 Å². The van der Waals surface area contributed by atoms with Gasteiger partial charge >= 0.3 is 6.09 Å². The van der Waals surface area contributed by atoms with Crippen molar-refractivity contribution in [2.24, 2.45) is 16.5 Å². The Labute approximate surface area is 125 Å². The molecule has 0 radical (unpaired) electrons. The zero-order valence-corrected chi connectivity index (χ0v) is 12.2. The quantitative estimate of drug-likeness (QED) is 0.592. The molecule has 110 valence electrons. The van der Waals surface area contributed by atoms with Gasteiger partial charge in [-0.15, -0.1) is 11.3 Å². The highest BCUT2D eigenvalue weighted by Gasteiger charge is 2.06. The minimum Gasteiger partial charge on any atom is -0.450 e. The second kappa shape index (κ2) is 6.71. The monoisotopic (exact) mass is 305 g/mol. The molecule has 0 fully saturated rings. The van der Waals surface area contributed by atoms with Crippen molar-refractivity contribution in [2.45, 2.75) is 6.92 Å². The van der Waals surface area contributed by atoms with Gasteiger partial charge in [-0.05, 0) is 19.1 Å². The molecule has 1 aromatic carbocycles. The number of aromatic nitrogens is 1. The van der Waals surface area contributed by atoms with Crippen LogP contribution in [0.1, 0.15) is 6.92 Å². The van der Waals surface area contributed by atoms with Gasteiger partial charge in [0.2, 0.25) is 5.13 Å². The molecule has 5 N–H and O–H groups in total. The van der Waals surface area contributed by atoms with Gasteiger partial charge in [-0.2, -0.15) is 4.99 Å². The molecular formula is C13H15N5O2S. The fourth-order valence-electron chi connectivity index (χ4n) is 1.57. The highest BCUT2D eigenvalue weighted by atomic mass is 32.1. The van der Waals surface area contributed by atoms with Gasteiger partial charge in [0.05, 0.1) is 12.3 Å². The van der Waals surface area contributed by atoms with Crippen molar-refractivity contribution in [3.05, 3.63) is 29.6 Å². The van der Waals surface area contributed by atoms with E-state index in [1.54, 1.807) is 19.1 Å². The summed E-state index contributed by atoms with van der Waals surface area (Å²) in [6.07, 6.45) is -0.478. The molecule has 1 amide bonds. The molecule has 0 bridgehead atoms. The molecule has 0 aliphatic carbocycles.